The first kappa shape index (κ1) is 15.9. The molecule has 2 amide bonds. The molecule has 0 unspecified atom stereocenters. The lowest BCUT2D eigenvalue weighted by molar-refractivity contribution is -0.147. The molecule has 0 aliphatic carbocycles. The van der Waals surface area contributed by atoms with E-state index >= 15 is 0 Å². The number of tetrazole rings is 1. The molecule has 0 aromatic carbocycles. The van der Waals surface area contributed by atoms with Crippen molar-refractivity contribution in [2.24, 2.45) is 11.8 Å². The Morgan fingerprint density at radius 1 is 1.35 bits per heavy atom. The van der Waals surface area contributed by atoms with E-state index < -0.39 is 0 Å². The van der Waals surface area contributed by atoms with Crippen LogP contribution in [-0.2, 0) is 22.6 Å². The molecule has 2 aliphatic rings. The Hall–Kier alpha value is -1.99. The summed E-state index contributed by atoms with van der Waals surface area (Å²) in [6.07, 6.45) is 2.88. The second-order valence-corrected chi connectivity index (χ2v) is 6.81. The highest BCUT2D eigenvalue weighted by atomic mass is 16.2. The summed E-state index contributed by atoms with van der Waals surface area (Å²) in [6, 6.07) is -0.337. The molecule has 1 fully saturated rings. The lowest BCUT2D eigenvalue weighted by Crippen LogP contribution is -2.58. The molecule has 3 heterocycles. The summed E-state index contributed by atoms with van der Waals surface area (Å²) < 4.78 is 1.78. The van der Waals surface area contributed by atoms with E-state index in [1.54, 1.807) is 9.58 Å². The molecule has 8 heteroatoms. The number of carbonyl (C=O) groups is 2. The number of fused-ring (bicyclic) bond motifs is 1. The van der Waals surface area contributed by atoms with Crippen molar-refractivity contribution in [1.82, 2.24) is 30.4 Å². The molecular weight excluding hydrogens is 296 g/mol. The van der Waals surface area contributed by atoms with Gasteiger partial charge in [-0.3, -0.25) is 9.59 Å². The summed E-state index contributed by atoms with van der Waals surface area (Å²) in [4.78, 5) is 27.0. The van der Waals surface area contributed by atoms with Crippen molar-refractivity contribution in [3.8, 4) is 0 Å². The predicted molar refractivity (Wildman–Crippen MR) is 82.2 cm³/mol. The van der Waals surface area contributed by atoms with Gasteiger partial charge in [0.05, 0.1) is 0 Å². The first-order valence-electron chi connectivity index (χ1n) is 8.39. The Labute approximate surface area is 135 Å². The number of amides is 2. The van der Waals surface area contributed by atoms with E-state index in [1.807, 2.05) is 0 Å². The number of nitrogens with one attached hydrogen (secondary N) is 1. The van der Waals surface area contributed by atoms with Gasteiger partial charge in [0.25, 0.3) is 0 Å². The molecule has 23 heavy (non-hydrogen) atoms. The molecular formula is C15H24N6O2. The summed E-state index contributed by atoms with van der Waals surface area (Å²) >= 11 is 0. The van der Waals surface area contributed by atoms with E-state index in [1.165, 1.54) is 0 Å². The number of hydrogen-bond donors (Lipinski definition) is 1. The fourth-order valence-electron chi connectivity index (χ4n) is 3.44. The van der Waals surface area contributed by atoms with Crippen LogP contribution in [0.4, 0.5) is 0 Å². The van der Waals surface area contributed by atoms with Gasteiger partial charge in [-0.2, -0.15) is 0 Å². The summed E-state index contributed by atoms with van der Waals surface area (Å²) in [5, 5.41) is 14.5. The van der Waals surface area contributed by atoms with Gasteiger partial charge in [-0.05, 0) is 35.6 Å². The molecule has 3 rings (SSSR count). The Balaban J connectivity index is 1.70. The third kappa shape index (κ3) is 3.35. The molecule has 1 saturated heterocycles. The summed E-state index contributed by atoms with van der Waals surface area (Å²) in [6.45, 7) is 5.96. The highest BCUT2D eigenvalue weighted by Gasteiger charge is 2.36. The van der Waals surface area contributed by atoms with Crippen LogP contribution in [0.3, 0.4) is 0 Å². The third-order valence-electron chi connectivity index (χ3n) is 4.67. The largest absolute Gasteiger partial charge is 0.353 e. The minimum atomic E-state index is -0.337. The molecule has 1 aromatic heterocycles. The molecule has 2 atom stereocenters. The van der Waals surface area contributed by atoms with Crippen molar-refractivity contribution in [2.75, 3.05) is 13.1 Å². The fraction of sp³-hybridized carbons (Fsp3) is 0.800. The number of carbonyl (C=O) groups excluding carboxylic acids is 2. The van der Waals surface area contributed by atoms with E-state index in [4.69, 9.17) is 0 Å². The molecule has 126 valence electrons. The van der Waals surface area contributed by atoms with Crippen LogP contribution in [0.15, 0.2) is 0 Å². The Kier molecular flexibility index (Phi) is 4.58. The molecule has 8 nitrogen and oxygen atoms in total. The van der Waals surface area contributed by atoms with Gasteiger partial charge in [0.1, 0.15) is 6.04 Å². The SMILES string of the molecule is CC(C)C[C@@H]1C(=O)NCCN1C(=O)[C@@H]1CCc2nnnn2CC1. The van der Waals surface area contributed by atoms with Crippen LogP contribution in [0, 0.1) is 11.8 Å². The number of aryl methyl sites for hydroxylation is 2. The monoisotopic (exact) mass is 320 g/mol. The van der Waals surface area contributed by atoms with Gasteiger partial charge in [-0.1, -0.05) is 13.8 Å². The first-order valence-corrected chi connectivity index (χ1v) is 8.39. The molecule has 0 radical (unpaired) electrons. The van der Waals surface area contributed by atoms with E-state index in [2.05, 4.69) is 34.7 Å². The maximum atomic E-state index is 13.0. The minimum absolute atomic E-state index is 0.0225. The molecule has 0 spiro atoms. The van der Waals surface area contributed by atoms with Crippen molar-refractivity contribution in [3.05, 3.63) is 5.82 Å². The van der Waals surface area contributed by atoms with Crippen LogP contribution in [0.1, 0.15) is 38.9 Å². The van der Waals surface area contributed by atoms with Crippen molar-refractivity contribution in [1.29, 1.82) is 0 Å². The zero-order chi connectivity index (χ0) is 16.4. The van der Waals surface area contributed by atoms with E-state index in [9.17, 15) is 9.59 Å². The summed E-state index contributed by atoms with van der Waals surface area (Å²) in [5.41, 5.74) is 0. The lowest BCUT2D eigenvalue weighted by Gasteiger charge is -2.37. The van der Waals surface area contributed by atoms with E-state index in [0.717, 1.165) is 18.7 Å². The van der Waals surface area contributed by atoms with Gasteiger partial charge >= 0.3 is 0 Å². The predicted octanol–water partition coefficient (Wildman–Crippen LogP) is -0.00130. The Morgan fingerprint density at radius 3 is 2.96 bits per heavy atom. The van der Waals surface area contributed by atoms with Crippen LogP contribution in [-0.4, -0.2) is 56.1 Å². The smallest absolute Gasteiger partial charge is 0.242 e. The zero-order valence-corrected chi connectivity index (χ0v) is 13.7. The van der Waals surface area contributed by atoms with Crippen LogP contribution in [0.25, 0.3) is 0 Å². The molecule has 0 saturated carbocycles. The number of hydrogen-bond acceptors (Lipinski definition) is 5. The quantitative estimate of drug-likeness (QED) is 0.846. The lowest BCUT2D eigenvalue weighted by atomic mass is 9.94. The number of rotatable bonds is 3. The van der Waals surface area contributed by atoms with Crippen LogP contribution < -0.4 is 5.32 Å². The molecule has 1 N–H and O–H groups in total. The second kappa shape index (κ2) is 6.64. The zero-order valence-electron chi connectivity index (χ0n) is 13.7. The van der Waals surface area contributed by atoms with Gasteiger partial charge < -0.3 is 10.2 Å². The fourth-order valence-corrected chi connectivity index (χ4v) is 3.44. The number of nitrogens with zero attached hydrogens (tertiary/aromatic N) is 5. The molecule has 1 aromatic rings. The van der Waals surface area contributed by atoms with Crippen molar-refractivity contribution < 1.29 is 9.59 Å². The summed E-state index contributed by atoms with van der Waals surface area (Å²) in [7, 11) is 0. The second-order valence-electron chi connectivity index (χ2n) is 6.81. The van der Waals surface area contributed by atoms with Crippen LogP contribution in [0.2, 0.25) is 0 Å². The van der Waals surface area contributed by atoms with Crippen molar-refractivity contribution in [3.63, 3.8) is 0 Å². The average Bonchev–Trinajstić information content (AvgIpc) is 2.87. The Bertz CT molecular complexity index is 562. The first-order chi connectivity index (χ1) is 11.1. The van der Waals surface area contributed by atoms with Gasteiger partial charge in [0, 0.05) is 32.0 Å². The van der Waals surface area contributed by atoms with Gasteiger partial charge in [0.15, 0.2) is 5.82 Å². The van der Waals surface area contributed by atoms with E-state index in [0.29, 0.717) is 38.4 Å². The normalized spacial score (nSPS) is 25.0. The highest BCUT2D eigenvalue weighted by molar-refractivity contribution is 5.89. The number of aromatic nitrogens is 4. The van der Waals surface area contributed by atoms with Crippen LogP contribution >= 0.6 is 0 Å². The topological polar surface area (TPSA) is 93.0 Å². The highest BCUT2D eigenvalue weighted by Crippen LogP contribution is 2.24. The summed E-state index contributed by atoms with van der Waals surface area (Å²) in [5.74, 6) is 1.22. The molecule has 2 aliphatic heterocycles. The van der Waals surface area contributed by atoms with Crippen molar-refractivity contribution >= 4 is 11.8 Å². The Morgan fingerprint density at radius 2 is 2.17 bits per heavy atom. The average molecular weight is 320 g/mol. The van der Waals surface area contributed by atoms with E-state index in [-0.39, 0.29) is 23.8 Å². The third-order valence-corrected chi connectivity index (χ3v) is 4.67. The molecule has 0 bridgehead atoms. The van der Waals surface area contributed by atoms with Crippen LogP contribution in [0.5, 0.6) is 0 Å². The van der Waals surface area contributed by atoms with Gasteiger partial charge in [-0.15, -0.1) is 5.10 Å². The number of piperazine rings is 1. The van der Waals surface area contributed by atoms with Crippen molar-refractivity contribution in [2.45, 2.75) is 52.1 Å². The van der Waals surface area contributed by atoms with Gasteiger partial charge in [-0.25, -0.2) is 4.68 Å². The maximum absolute atomic E-state index is 13.0. The minimum Gasteiger partial charge on any atom is -0.353 e. The van der Waals surface area contributed by atoms with Gasteiger partial charge in [0.2, 0.25) is 11.8 Å². The standard InChI is InChI=1S/C15H24N6O2/c1-10(2)9-12-14(22)16-6-8-20(12)15(23)11-3-4-13-17-18-19-21(13)7-5-11/h10-12H,3-9H2,1-2H3,(H,16,22)/t11-,12-/m1/s1. The maximum Gasteiger partial charge on any atom is 0.242 e.